The Morgan fingerprint density at radius 2 is 1.90 bits per heavy atom. The summed E-state index contributed by atoms with van der Waals surface area (Å²) in [4.78, 5) is 12.7. The summed E-state index contributed by atoms with van der Waals surface area (Å²) in [6.07, 6.45) is 4.47. The molecular weight excluding hydrogens is 435 g/mol. The number of nitrogens with one attached hydrogen (secondary N) is 1. The van der Waals surface area contributed by atoms with Crippen molar-refractivity contribution in [2.75, 3.05) is 0 Å². The zero-order valence-corrected chi connectivity index (χ0v) is 18.8. The fraction of sp³-hybridized carbons (Fsp3) is 0.348. The van der Waals surface area contributed by atoms with Gasteiger partial charge in [0.15, 0.2) is 11.0 Å². The molecule has 8 heteroatoms. The number of thioether (sulfide) groups is 1. The van der Waals surface area contributed by atoms with Crippen molar-refractivity contribution in [1.82, 2.24) is 20.1 Å². The Hall–Kier alpha value is -2.38. The minimum Gasteiger partial charge on any atom is -0.351 e. The molecule has 162 valence electrons. The van der Waals surface area contributed by atoms with Crippen LogP contribution in [0.5, 0.6) is 0 Å². The first-order valence-corrected chi connectivity index (χ1v) is 11.7. The molecule has 1 N–H and O–H groups in total. The second-order valence-electron chi connectivity index (χ2n) is 7.70. The van der Waals surface area contributed by atoms with E-state index in [-0.39, 0.29) is 17.0 Å². The smallest absolute Gasteiger partial charge is 0.233 e. The van der Waals surface area contributed by atoms with Crippen LogP contribution in [0.25, 0.3) is 11.4 Å². The van der Waals surface area contributed by atoms with Crippen LogP contribution in [0, 0.1) is 5.82 Å². The van der Waals surface area contributed by atoms with Gasteiger partial charge in [-0.15, -0.1) is 10.2 Å². The molecule has 1 amide bonds. The van der Waals surface area contributed by atoms with Crippen LogP contribution >= 0.6 is 23.4 Å². The largest absolute Gasteiger partial charge is 0.351 e. The molecule has 1 atom stereocenters. The standard InChI is InChI=1S/C23H24ClFN4OS/c1-15(22(30)26-14-16-10-12-17(25)13-11-16)31-23-28-27-21(19-8-4-5-9-20(19)24)29(23)18-6-2-3-7-18/h4-5,8-13,15,18H,2-3,6-7,14H2,1H3,(H,26,30). The number of amides is 1. The Labute approximate surface area is 190 Å². The molecular formula is C23H24ClFN4OS. The molecule has 1 aromatic heterocycles. The number of aromatic nitrogens is 3. The van der Waals surface area contributed by atoms with Crippen LogP contribution in [0.1, 0.15) is 44.2 Å². The number of rotatable bonds is 7. The molecule has 4 rings (SSSR count). The number of hydrogen-bond acceptors (Lipinski definition) is 4. The highest BCUT2D eigenvalue weighted by atomic mass is 35.5. The fourth-order valence-corrected chi connectivity index (χ4v) is 4.99. The van der Waals surface area contributed by atoms with Crippen LogP contribution in [-0.4, -0.2) is 25.9 Å². The molecule has 0 spiro atoms. The second kappa shape index (κ2) is 9.83. The normalized spacial score (nSPS) is 15.2. The number of nitrogens with zero attached hydrogens (tertiary/aromatic N) is 3. The molecule has 1 unspecified atom stereocenters. The third-order valence-corrected chi connectivity index (χ3v) is 6.89. The summed E-state index contributed by atoms with van der Waals surface area (Å²) in [5.74, 6) is 0.355. The Kier molecular flexibility index (Phi) is 6.92. The number of benzene rings is 2. The Bertz CT molecular complexity index is 1050. The summed E-state index contributed by atoms with van der Waals surface area (Å²) in [5, 5.41) is 12.8. The van der Waals surface area contributed by atoms with Gasteiger partial charge in [0.05, 0.1) is 10.3 Å². The van der Waals surface area contributed by atoms with E-state index in [4.69, 9.17) is 11.6 Å². The Morgan fingerprint density at radius 3 is 2.61 bits per heavy atom. The first-order chi connectivity index (χ1) is 15.0. The molecule has 1 saturated carbocycles. The van der Waals surface area contributed by atoms with Crippen molar-refractivity contribution in [3.05, 3.63) is 64.9 Å². The van der Waals surface area contributed by atoms with Gasteiger partial charge in [-0.3, -0.25) is 9.36 Å². The van der Waals surface area contributed by atoms with E-state index in [0.717, 1.165) is 34.9 Å². The summed E-state index contributed by atoms with van der Waals surface area (Å²) >= 11 is 7.83. The lowest BCUT2D eigenvalue weighted by molar-refractivity contribution is -0.120. The third-order valence-electron chi connectivity index (χ3n) is 5.50. The van der Waals surface area contributed by atoms with Crippen molar-refractivity contribution in [3.63, 3.8) is 0 Å². The molecule has 31 heavy (non-hydrogen) atoms. The average Bonchev–Trinajstić information content (AvgIpc) is 3.43. The lowest BCUT2D eigenvalue weighted by Gasteiger charge is -2.19. The van der Waals surface area contributed by atoms with Crippen LogP contribution < -0.4 is 5.32 Å². The summed E-state index contributed by atoms with van der Waals surface area (Å²) in [6, 6.07) is 14.0. The van der Waals surface area contributed by atoms with Crippen LogP contribution in [0.4, 0.5) is 4.39 Å². The maximum absolute atomic E-state index is 13.1. The molecule has 3 aromatic rings. The second-order valence-corrected chi connectivity index (χ2v) is 9.41. The van der Waals surface area contributed by atoms with Crippen molar-refractivity contribution in [2.45, 2.75) is 55.6 Å². The molecule has 0 bridgehead atoms. The van der Waals surface area contributed by atoms with E-state index >= 15 is 0 Å². The van der Waals surface area contributed by atoms with Crippen molar-refractivity contribution >= 4 is 29.3 Å². The monoisotopic (exact) mass is 458 g/mol. The zero-order chi connectivity index (χ0) is 21.8. The van der Waals surface area contributed by atoms with Crippen molar-refractivity contribution in [2.24, 2.45) is 0 Å². The highest BCUT2D eigenvalue weighted by Crippen LogP contribution is 2.38. The number of halogens is 2. The van der Waals surface area contributed by atoms with Gasteiger partial charge in [0.1, 0.15) is 5.82 Å². The molecule has 0 saturated heterocycles. The summed E-state index contributed by atoms with van der Waals surface area (Å²) in [6.45, 7) is 2.21. The first kappa shape index (κ1) is 21.8. The predicted molar refractivity (Wildman–Crippen MR) is 122 cm³/mol. The van der Waals surface area contributed by atoms with E-state index in [1.165, 1.54) is 36.7 Å². The van der Waals surface area contributed by atoms with Gasteiger partial charge in [-0.2, -0.15) is 0 Å². The van der Waals surface area contributed by atoms with Gasteiger partial charge >= 0.3 is 0 Å². The van der Waals surface area contributed by atoms with Gasteiger partial charge in [0.2, 0.25) is 5.91 Å². The molecule has 2 aromatic carbocycles. The Balaban J connectivity index is 1.51. The lowest BCUT2D eigenvalue weighted by Crippen LogP contribution is -2.30. The third kappa shape index (κ3) is 5.10. The van der Waals surface area contributed by atoms with Crippen molar-refractivity contribution in [3.8, 4) is 11.4 Å². The van der Waals surface area contributed by atoms with E-state index in [1.54, 1.807) is 12.1 Å². The Morgan fingerprint density at radius 1 is 1.19 bits per heavy atom. The summed E-state index contributed by atoms with van der Waals surface area (Å²) in [5.41, 5.74) is 1.70. The minimum atomic E-state index is -0.358. The molecule has 0 radical (unpaired) electrons. The molecule has 1 aliphatic carbocycles. The van der Waals surface area contributed by atoms with E-state index in [1.807, 2.05) is 31.2 Å². The number of carbonyl (C=O) groups is 1. The molecule has 1 heterocycles. The van der Waals surface area contributed by atoms with E-state index in [0.29, 0.717) is 17.6 Å². The van der Waals surface area contributed by atoms with Gasteiger partial charge in [-0.05, 0) is 49.6 Å². The van der Waals surface area contributed by atoms with Crippen LogP contribution in [0.2, 0.25) is 5.02 Å². The highest BCUT2D eigenvalue weighted by molar-refractivity contribution is 8.00. The maximum atomic E-state index is 13.1. The van der Waals surface area contributed by atoms with Crippen LogP contribution in [-0.2, 0) is 11.3 Å². The van der Waals surface area contributed by atoms with Crippen LogP contribution in [0.15, 0.2) is 53.7 Å². The molecule has 1 fully saturated rings. The molecule has 0 aliphatic heterocycles. The summed E-state index contributed by atoms with van der Waals surface area (Å²) in [7, 11) is 0. The SMILES string of the molecule is CC(Sc1nnc(-c2ccccc2Cl)n1C1CCCC1)C(=O)NCc1ccc(F)cc1. The van der Waals surface area contributed by atoms with Gasteiger partial charge in [0, 0.05) is 18.2 Å². The van der Waals surface area contributed by atoms with Gasteiger partial charge in [0.25, 0.3) is 0 Å². The van der Waals surface area contributed by atoms with Gasteiger partial charge < -0.3 is 5.32 Å². The topological polar surface area (TPSA) is 59.8 Å². The molecule has 5 nitrogen and oxygen atoms in total. The van der Waals surface area contributed by atoms with E-state index in [9.17, 15) is 9.18 Å². The van der Waals surface area contributed by atoms with Crippen molar-refractivity contribution < 1.29 is 9.18 Å². The average molecular weight is 459 g/mol. The molecule has 1 aliphatic rings. The zero-order valence-electron chi connectivity index (χ0n) is 17.2. The van der Waals surface area contributed by atoms with E-state index in [2.05, 4.69) is 20.1 Å². The first-order valence-electron chi connectivity index (χ1n) is 10.4. The fourth-order valence-electron chi connectivity index (χ4n) is 3.82. The van der Waals surface area contributed by atoms with Crippen molar-refractivity contribution in [1.29, 1.82) is 0 Å². The highest BCUT2D eigenvalue weighted by Gasteiger charge is 2.27. The maximum Gasteiger partial charge on any atom is 0.233 e. The quantitative estimate of drug-likeness (QED) is 0.465. The lowest BCUT2D eigenvalue weighted by atomic mass is 10.2. The number of hydrogen-bond donors (Lipinski definition) is 1. The van der Waals surface area contributed by atoms with Crippen LogP contribution in [0.3, 0.4) is 0 Å². The minimum absolute atomic E-state index is 0.102. The number of carbonyl (C=O) groups excluding carboxylic acids is 1. The van der Waals surface area contributed by atoms with Gasteiger partial charge in [-0.1, -0.05) is 60.5 Å². The predicted octanol–water partition coefficient (Wildman–Crippen LogP) is 5.65. The van der Waals surface area contributed by atoms with Gasteiger partial charge in [-0.25, -0.2) is 4.39 Å². The van der Waals surface area contributed by atoms with E-state index < -0.39 is 0 Å². The summed E-state index contributed by atoms with van der Waals surface area (Å²) < 4.78 is 15.2.